The third kappa shape index (κ3) is 3.35. The summed E-state index contributed by atoms with van der Waals surface area (Å²) in [6.07, 6.45) is 7.01. The fourth-order valence-electron chi connectivity index (χ4n) is 4.21. The van der Waals surface area contributed by atoms with E-state index in [-0.39, 0.29) is 12.1 Å². The fraction of sp³-hybridized carbons (Fsp3) is 0.273. The Balaban J connectivity index is 1.60. The van der Waals surface area contributed by atoms with Crippen molar-refractivity contribution in [2.45, 2.75) is 25.8 Å². The maximum absolute atomic E-state index is 13.3. The topological polar surface area (TPSA) is 74.2 Å². The molecule has 1 saturated heterocycles. The Labute approximate surface area is 179 Å². The number of amides is 2. The molecule has 30 heavy (non-hydrogen) atoms. The third-order valence-corrected chi connectivity index (χ3v) is 5.86. The lowest BCUT2D eigenvalue weighted by Crippen LogP contribution is -2.56. The minimum atomic E-state index is -0.206. The number of fused-ring (bicyclic) bond motifs is 4. The van der Waals surface area contributed by atoms with Crippen LogP contribution in [0, 0.1) is 6.92 Å². The van der Waals surface area contributed by atoms with E-state index in [1.54, 1.807) is 29.6 Å². The van der Waals surface area contributed by atoms with Crippen molar-refractivity contribution >= 4 is 34.8 Å². The van der Waals surface area contributed by atoms with Crippen LogP contribution in [0.15, 0.2) is 48.9 Å². The molecule has 5 rings (SSSR count). The van der Waals surface area contributed by atoms with Crippen LogP contribution in [0.3, 0.4) is 0 Å². The van der Waals surface area contributed by atoms with Crippen molar-refractivity contribution in [3.05, 3.63) is 59.6 Å². The standard InChI is InChI=1S/C22H21ClN6O/c1-14-10-15(6-8-25-14)20-18(23)11-19-21(27-20)29(17-5-3-9-28(19)13-17)22(30)26-16-4-2-7-24-12-16/h2,4,6-8,10-12,17H,3,5,9,13H2,1H3,(H,26,30)/t17-/m0/s1. The molecule has 2 aliphatic heterocycles. The van der Waals surface area contributed by atoms with Crippen molar-refractivity contribution in [1.29, 1.82) is 0 Å². The van der Waals surface area contributed by atoms with Gasteiger partial charge in [0.2, 0.25) is 0 Å². The number of pyridine rings is 3. The Morgan fingerprint density at radius 3 is 2.97 bits per heavy atom. The first kappa shape index (κ1) is 18.8. The maximum atomic E-state index is 13.3. The molecule has 2 aliphatic rings. The highest BCUT2D eigenvalue weighted by Crippen LogP contribution is 2.42. The van der Waals surface area contributed by atoms with Crippen LogP contribution < -0.4 is 15.1 Å². The number of piperidine rings is 1. The molecule has 0 aromatic carbocycles. The van der Waals surface area contributed by atoms with Gasteiger partial charge in [0.1, 0.15) is 0 Å². The molecule has 0 aliphatic carbocycles. The van der Waals surface area contributed by atoms with Crippen LogP contribution >= 0.6 is 11.6 Å². The van der Waals surface area contributed by atoms with Gasteiger partial charge < -0.3 is 10.2 Å². The molecule has 0 saturated carbocycles. The summed E-state index contributed by atoms with van der Waals surface area (Å²) in [7, 11) is 0. The van der Waals surface area contributed by atoms with Gasteiger partial charge in [-0.15, -0.1) is 0 Å². The van der Waals surface area contributed by atoms with Gasteiger partial charge in [-0.2, -0.15) is 0 Å². The maximum Gasteiger partial charge on any atom is 0.327 e. The molecule has 0 radical (unpaired) electrons. The number of rotatable bonds is 2. The van der Waals surface area contributed by atoms with Crippen LogP contribution in [0.5, 0.6) is 0 Å². The van der Waals surface area contributed by atoms with E-state index < -0.39 is 0 Å². The zero-order valence-electron chi connectivity index (χ0n) is 16.5. The first-order valence-electron chi connectivity index (χ1n) is 9.99. The molecule has 3 aromatic rings. The molecule has 152 valence electrons. The quantitative estimate of drug-likeness (QED) is 0.659. The zero-order valence-corrected chi connectivity index (χ0v) is 17.3. The van der Waals surface area contributed by atoms with Gasteiger partial charge in [0.15, 0.2) is 5.82 Å². The molecular formula is C22H21ClN6O. The number of nitrogens with one attached hydrogen (secondary N) is 1. The lowest BCUT2D eigenvalue weighted by Gasteiger charge is -2.46. The van der Waals surface area contributed by atoms with Crippen LogP contribution in [0.2, 0.25) is 5.02 Å². The Bertz CT molecular complexity index is 1110. The van der Waals surface area contributed by atoms with Crippen molar-refractivity contribution in [2.24, 2.45) is 0 Å². The first-order chi connectivity index (χ1) is 14.6. The van der Waals surface area contributed by atoms with Crippen LogP contribution in [-0.2, 0) is 0 Å². The van der Waals surface area contributed by atoms with Crippen LogP contribution in [0.25, 0.3) is 11.3 Å². The van der Waals surface area contributed by atoms with Gasteiger partial charge >= 0.3 is 6.03 Å². The van der Waals surface area contributed by atoms with E-state index in [1.807, 2.05) is 31.2 Å². The number of nitrogens with zero attached hydrogens (tertiary/aromatic N) is 5. The van der Waals surface area contributed by atoms with Gasteiger partial charge in [-0.25, -0.2) is 9.78 Å². The van der Waals surface area contributed by atoms with Crippen molar-refractivity contribution in [3.63, 3.8) is 0 Å². The van der Waals surface area contributed by atoms with Crippen molar-refractivity contribution in [1.82, 2.24) is 15.0 Å². The molecule has 2 amide bonds. The van der Waals surface area contributed by atoms with E-state index in [2.05, 4.69) is 20.2 Å². The van der Waals surface area contributed by atoms with Crippen molar-refractivity contribution in [3.8, 4) is 11.3 Å². The number of carbonyl (C=O) groups is 1. The summed E-state index contributed by atoms with van der Waals surface area (Å²) in [5.41, 5.74) is 3.97. The molecule has 7 nitrogen and oxygen atoms in total. The van der Waals surface area contributed by atoms with Gasteiger partial charge in [-0.3, -0.25) is 14.9 Å². The number of hydrogen-bond acceptors (Lipinski definition) is 5. The second-order valence-electron chi connectivity index (χ2n) is 7.63. The highest BCUT2D eigenvalue weighted by atomic mass is 35.5. The summed E-state index contributed by atoms with van der Waals surface area (Å²) in [5.74, 6) is 0.640. The number of urea groups is 1. The van der Waals surface area contributed by atoms with Gasteiger partial charge in [-0.05, 0) is 50.1 Å². The predicted octanol–water partition coefficient (Wildman–Crippen LogP) is 4.52. The number of hydrogen-bond donors (Lipinski definition) is 1. The average Bonchev–Trinajstić information content (AvgIpc) is 2.75. The minimum absolute atomic E-state index is 0.0589. The summed E-state index contributed by atoms with van der Waals surface area (Å²) in [6.45, 7) is 3.64. The average molecular weight is 421 g/mol. The molecule has 8 heteroatoms. The number of carbonyl (C=O) groups excluding carboxylic acids is 1. The Hall–Kier alpha value is -3.19. The Kier molecular flexibility index (Phi) is 4.75. The summed E-state index contributed by atoms with van der Waals surface area (Å²) in [5, 5.41) is 3.53. The molecular weight excluding hydrogens is 400 g/mol. The second kappa shape index (κ2) is 7.57. The Morgan fingerprint density at radius 1 is 1.27 bits per heavy atom. The summed E-state index contributed by atoms with van der Waals surface area (Å²) in [6, 6.07) is 9.24. The molecule has 1 N–H and O–H groups in total. The molecule has 3 aromatic heterocycles. The smallest absolute Gasteiger partial charge is 0.327 e. The van der Waals surface area contributed by atoms with Gasteiger partial charge in [0.05, 0.1) is 34.3 Å². The van der Waals surface area contributed by atoms with Crippen LogP contribution in [0.1, 0.15) is 18.5 Å². The normalized spacial score (nSPS) is 17.5. The highest BCUT2D eigenvalue weighted by Gasteiger charge is 2.39. The van der Waals surface area contributed by atoms with E-state index >= 15 is 0 Å². The summed E-state index contributed by atoms with van der Waals surface area (Å²) >= 11 is 6.64. The third-order valence-electron chi connectivity index (χ3n) is 5.57. The number of aromatic nitrogens is 3. The van der Waals surface area contributed by atoms with Crippen LogP contribution in [0.4, 0.5) is 22.0 Å². The molecule has 2 bridgehead atoms. The van der Waals surface area contributed by atoms with Crippen molar-refractivity contribution in [2.75, 3.05) is 28.2 Å². The largest absolute Gasteiger partial charge is 0.366 e. The lowest BCUT2D eigenvalue weighted by atomic mass is 9.99. The zero-order chi connectivity index (χ0) is 20.7. The minimum Gasteiger partial charge on any atom is -0.366 e. The van der Waals surface area contributed by atoms with Gasteiger partial charge in [0, 0.05) is 36.7 Å². The number of halogens is 1. The van der Waals surface area contributed by atoms with Gasteiger partial charge in [-0.1, -0.05) is 11.6 Å². The van der Waals surface area contributed by atoms with E-state index in [9.17, 15) is 4.79 Å². The first-order valence-corrected chi connectivity index (χ1v) is 10.4. The summed E-state index contributed by atoms with van der Waals surface area (Å²) < 4.78 is 0. The summed E-state index contributed by atoms with van der Waals surface area (Å²) in [4.78, 5) is 30.6. The van der Waals surface area contributed by atoms with Crippen LogP contribution in [-0.4, -0.2) is 40.1 Å². The predicted molar refractivity (Wildman–Crippen MR) is 118 cm³/mol. The van der Waals surface area contributed by atoms with E-state index in [0.29, 0.717) is 22.2 Å². The van der Waals surface area contributed by atoms with Gasteiger partial charge in [0.25, 0.3) is 0 Å². The second-order valence-corrected chi connectivity index (χ2v) is 8.04. The van der Waals surface area contributed by atoms with E-state index in [4.69, 9.17) is 16.6 Å². The molecule has 1 atom stereocenters. The monoisotopic (exact) mass is 420 g/mol. The van der Waals surface area contributed by atoms with E-state index in [0.717, 1.165) is 42.9 Å². The SMILES string of the molecule is Cc1cc(-c2nc3c(cc2Cl)N2CCC[C@@H](C2)N3C(=O)Nc2cccnc2)ccn1. The molecule has 0 unspecified atom stereocenters. The Morgan fingerprint density at radius 2 is 2.17 bits per heavy atom. The molecule has 0 spiro atoms. The molecule has 1 fully saturated rings. The highest BCUT2D eigenvalue weighted by molar-refractivity contribution is 6.33. The fourth-order valence-corrected chi connectivity index (χ4v) is 4.47. The van der Waals surface area contributed by atoms with Crippen molar-refractivity contribution < 1.29 is 4.79 Å². The molecule has 5 heterocycles. The van der Waals surface area contributed by atoms with E-state index in [1.165, 1.54) is 0 Å². The lowest BCUT2D eigenvalue weighted by molar-refractivity contribution is 0.252. The number of anilines is 3. The number of aryl methyl sites for hydroxylation is 1.